The van der Waals surface area contributed by atoms with Crippen LogP contribution in [0.5, 0.6) is 0 Å². The number of hydrogen-bond acceptors (Lipinski definition) is 1. The Morgan fingerprint density at radius 1 is 0.521 bits per heavy atom. The molecule has 0 aliphatic rings. The highest BCUT2D eigenvalue weighted by molar-refractivity contribution is 7.19. The van der Waals surface area contributed by atoms with Crippen molar-refractivity contribution >= 4 is 56.3 Å². The number of benzene rings is 7. The Morgan fingerprint density at radius 3 is 1.65 bits per heavy atom. The van der Waals surface area contributed by atoms with E-state index in [-0.39, 0.29) is 0 Å². The topological polar surface area (TPSA) is 33.1 Å². The van der Waals surface area contributed by atoms with Crippen LogP contribution in [0.1, 0.15) is 5.56 Å². The van der Waals surface area contributed by atoms with Gasteiger partial charge in [0.05, 0.1) is 29.2 Å². The van der Waals surface area contributed by atoms with Gasteiger partial charge in [0.2, 0.25) is 0 Å². The molecular formula is C44H29N3Si. The minimum absolute atomic E-state index is 0.618. The molecule has 0 amide bonds. The van der Waals surface area contributed by atoms with Gasteiger partial charge >= 0.3 is 0 Å². The van der Waals surface area contributed by atoms with Crippen molar-refractivity contribution < 1.29 is 0 Å². The van der Waals surface area contributed by atoms with E-state index < -0.39 is 8.07 Å². The predicted molar refractivity (Wildman–Crippen MR) is 201 cm³/mol. The van der Waals surface area contributed by atoms with Crippen LogP contribution in [0.3, 0.4) is 0 Å². The van der Waals surface area contributed by atoms with E-state index in [1.54, 1.807) is 0 Å². The molecule has 0 fully saturated rings. The van der Waals surface area contributed by atoms with Gasteiger partial charge in [0, 0.05) is 16.6 Å². The van der Waals surface area contributed by atoms with Gasteiger partial charge in [-0.15, -0.1) is 0 Å². The van der Waals surface area contributed by atoms with Crippen LogP contribution < -0.4 is 20.7 Å². The van der Waals surface area contributed by atoms with E-state index in [1.807, 2.05) is 42.5 Å². The van der Waals surface area contributed by atoms with Gasteiger partial charge in [-0.05, 0) is 68.1 Å². The van der Waals surface area contributed by atoms with Crippen LogP contribution in [0.25, 0.3) is 43.5 Å². The van der Waals surface area contributed by atoms with Gasteiger partial charge in [-0.25, -0.2) is 4.85 Å². The molecule has 0 radical (unpaired) electrons. The summed E-state index contributed by atoms with van der Waals surface area (Å²) in [6, 6.07) is 64.2. The summed E-state index contributed by atoms with van der Waals surface area (Å²) >= 11 is 0. The summed E-state index contributed by atoms with van der Waals surface area (Å²) in [6.45, 7) is 7.56. The van der Waals surface area contributed by atoms with Crippen LogP contribution >= 0.6 is 0 Å². The van der Waals surface area contributed by atoms with Crippen molar-refractivity contribution in [2.75, 3.05) is 0 Å². The Kier molecular flexibility index (Phi) is 7.27. The zero-order valence-corrected chi connectivity index (χ0v) is 27.1. The summed E-state index contributed by atoms with van der Waals surface area (Å²) in [5.74, 6) is 0. The average molecular weight is 628 g/mol. The zero-order chi connectivity index (χ0) is 32.5. The molecule has 0 N–H and O–H groups in total. The second-order valence-electron chi connectivity index (χ2n) is 11.9. The first-order valence-corrected chi connectivity index (χ1v) is 17.9. The van der Waals surface area contributed by atoms with Crippen molar-refractivity contribution in [1.82, 2.24) is 4.57 Å². The van der Waals surface area contributed by atoms with Crippen molar-refractivity contribution in [3.8, 4) is 22.9 Å². The van der Waals surface area contributed by atoms with Crippen LogP contribution in [0.4, 0.5) is 5.69 Å². The van der Waals surface area contributed by atoms with Crippen LogP contribution in [0.2, 0.25) is 0 Å². The van der Waals surface area contributed by atoms with E-state index in [1.165, 1.54) is 20.7 Å². The molecule has 3 nitrogen and oxygen atoms in total. The molecule has 224 valence electrons. The van der Waals surface area contributed by atoms with Crippen molar-refractivity contribution in [1.29, 1.82) is 5.26 Å². The van der Waals surface area contributed by atoms with Gasteiger partial charge in [-0.1, -0.05) is 140 Å². The minimum Gasteiger partial charge on any atom is -0.309 e. The molecule has 1 aromatic heterocycles. The number of para-hydroxylation sites is 1. The second kappa shape index (κ2) is 12.0. The molecule has 0 atom stereocenters. The second-order valence-corrected chi connectivity index (χ2v) is 15.7. The SMILES string of the molecule is [C-]#[N+]c1ccc2c(c1)c1ccccc1n2-c1ccc(C#N)c(-c2ccc([Si](c3ccccc3)(c3ccccc3)c3ccccc3)cc2)c1. The van der Waals surface area contributed by atoms with Gasteiger partial charge < -0.3 is 4.57 Å². The minimum atomic E-state index is -2.66. The van der Waals surface area contributed by atoms with E-state index in [2.05, 4.69) is 149 Å². The fourth-order valence-corrected chi connectivity index (χ4v) is 12.0. The van der Waals surface area contributed by atoms with Gasteiger partial charge in [-0.3, -0.25) is 0 Å². The lowest BCUT2D eigenvalue weighted by Crippen LogP contribution is -2.74. The molecule has 0 spiro atoms. The number of hydrogen-bond donors (Lipinski definition) is 0. The van der Waals surface area contributed by atoms with Gasteiger partial charge in [0.1, 0.15) is 0 Å². The number of aromatic nitrogens is 1. The summed E-state index contributed by atoms with van der Waals surface area (Å²) in [7, 11) is -2.66. The Morgan fingerprint density at radius 2 is 1.06 bits per heavy atom. The Hall–Kier alpha value is -6.46. The summed E-state index contributed by atoms with van der Waals surface area (Å²) in [5, 5.41) is 17.6. The van der Waals surface area contributed by atoms with Crippen LogP contribution in [0.15, 0.2) is 176 Å². The molecule has 0 aliphatic heterocycles. The highest BCUT2D eigenvalue weighted by atomic mass is 28.3. The quantitative estimate of drug-likeness (QED) is 0.104. The molecule has 0 saturated heterocycles. The van der Waals surface area contributed by atoms with Crippen LogP contribution in [-0.4, -0.2) is 12.6 Å². The molecule has 7 aromatic carbocycles. The molecule has 0 bridgehead atoms. The summed E-state index contributed by atoms with van der Waals surface area (Å²) < 4.78 is 2.23. The summed E-state index contributed by atoms with van der Waals surface area (Å²) in [6.07, 6.45) is 0. The first kappa shape index (κ1) is 29.0. The number of rotatable bonds is 6. The maximum Gasteiger partial charge on any atom is 0.188 e. The first-order chi connectivity index (χ1) is 23.7. The third-order valence-corrected chi connectivity index (χ3v) is 14.2. The fraction of sp³-hybridized carbons (Fsp3) is 0. The summed E-state index contributed by atoms with van der Waals surface area (Å²) in [5.41, 5.74) is 6.18. The molecule has 4 heteroatoms. The van der Waals surface area contributed by atoms with Crippen molar-refractivity contribution in [2.24, 2.45) is 0 Å². The van der Waals surface area contributed by atoms with Crippen LogP contribution in [-0.2, 0) is 0 Å². The average Bonchev–Trinajstić information content (AvgIpc) is 3.50. The first-order valence-electron chi connectivity index (χ1n) is 15.9. The van der Waals surface area contributed by atoms with Crippen LogP contribution in [0, 0.1) is 17.9 Å². The van der Waals surface area contributed by atoms with E-state index in [0.29, 0.717) is 11.3 Å². The third-order valence-electron chi connectivity index (χ3n) is 9.42. The maximum absolute atomic E-state index is 10.3. The number of fused-ring (bicyclic) bond motifs is 3. The van der Waals surface area contributed by atoms with Crippen molar-refractivity contribution in [2.45, 2.75) is 0 Å². The molecule has 0 unspecified atom stereocenters. The smallest absolute Gasteiger partial charge is 0.188 e. The number of nitriles is 1. The Bertz CT molecular complexity index is 2410. The lowest BCUT2D eigenvalue weighted by Gasteiger charge is -2.34. The molecule has 0 saturated carbocycles. The maximum atomic E-state index is 10.3. The standard InChI is InChI=1S/C44H29N3Si/c1-46-34-24-28-44-42(29-34)40-19-11-12-20-43(40)47(44)35-25-21-33(31-45)41(30-35)32-22-26-39(27-23-32)48(36-13-5-2-6-14-36,37-15-7-3-8-16-37)38-17-9-4-10-18-38/h2-30H. The zero-order valence-electron chi connectivity index (χ0n) is 26.1. The van der Waals surface area contributed by atoms with E-state index >= 15 is 0 Å². The lowest BCUT2D eigenvalue weighted by atomic mass is 9.99. The highest BCUT2D eigenvalue weighted by Gasteiger charge is 2.41. The summed E-state index contributed by atoms with van der Waals surface area (Å²) in [4.78, 5) is 3.68. The van der Waals surface area contributed by atoms with Crippen molar-refractivity contribution in [3.63, 3.8) is 0 Å². The Balaban J connectivity index is 1.32. The van der Waals surface area contributed by atoms with Gasteiger partial charge in [0.25, 0.3) is 0 Å². The highest BCUT2D eigenvalue weighted by Crippen LogP contribution is 2.36. The van der Waals surface area contributed by atoms with Crippen molar-refractivity contribution in [3.05, 3.63) is 193 Å². The fourth-order valence-electron chi connectivity index (χ4n) is 7.28. The van der Waals surface area contributed by atoms with E-state index in [4.69, 9.17) is 6.57 Å². The molecule has 48 heavy (non-hydrogen) atoms. The molecule has 0 aliphatic carbocycles. The number of nitrogens with zero attached hydrogens (tertiary/aromatic N) is 3. The normalized spacial score (nSPS) is 11.3. The Labute approximate surface area is 281 Å². The largest absolute Gasteiger partial charge is 0.309 e. The van der Waals surface area contributed by atoms with Gasteiger partial charge in [-0.2, -0.15) is 5.26 Å². The third kappa shape index (κ3) is 4.64. The molecule has 1 heterocycles. The lowest BCUT2D eigenvalue weighted by molar-refractivity contribution is 1.18. The molecular weight excluding hydrogens is 599 g/mol. The van der Waals surface area contributed by atoms with E-state index in [9.17, 15) is 5.26 Å². The van der Waals surface area contributed by atoms with E-state index in [0.717, 1.165) is 38.6 Å². The predicted octanol–water partition coefficient (Wildman–Crippen LogP) is 8.25. The molecule has 8 aromatic rings. The van der Waals surface area contributed by atoms with Gasteiger partial charge in [0.15, 0.2) is 13.8 Å². The monoisotopic (exact) mass is 627 g/mol. The molecule has 8 rings (SSSR count).